The van der Waals surface area contributed by atoms with E-state index in [0.717, 1.165) is 21.7 Å². The van der Waals surface area contributed by atoms with Crippen LogP contribution in [0.4, 0.5) is 11.4 Å². The Balaban J connectivity index is 1.89. The molecule has 6 nitrogen and oxygen atoms in total. The largest absolute Gasteiger partial charge is 0.289 e. The quantitative estimate of drug-likeness (QED) is 0.323. The molecule has 0 N–H and O–H groups in total. The van der Waals surface area contributed by atoms with Crippen LogP contribution in [-0.2, 0) is 5.75 Å². The first-order valence-corrected chi connectivity index (χ1v) is 8.91. The average Bonchev–Trinajstić information content (AvgIpc) is 2.94. The number of nitro benzene ring substituents is 2. The van der Waals surface area contributed by atoms with E-state index in [9.17, 15) is 20.2 Å². The Kier molecular flexibility index (Phi) is 4.70. The van der Waals surface area contributed by atoms with Crippen LogP contribution in [0.5, 0.6) is 0 Å². The lowest BCUT2D eigenvalue weighted by molar-refractivity contribution is -0.396. The van der Waals surface area contributed by atoms with Crippen molar-refractivity contribution in [3.05, 3.63) is 72.6 Å². The summed E-state index contributed by atoms with van der Waals surface area (Å²) in [6, 6.07) is 9.31. The van der Waals surface area contributed by atoms with Crippen LogP contribution in [0, 0.1) is 20.2 Å². The van der Waals surface area contributed by atoms with Crippen LogP contribution >= 0.6 is 34.7 Å². The zero-order valence-corrected chi connectivity index (χ0v) is 14.4. The first kappa shape index (κ1) is 16.7. The van der Waals surface area contributed by atoms with Gasteiger partial charge in [0, 0.05) is 21.5 Å². The molecule has 3 aromatic rings. The third-order valence-electron chi connectivity index (χ3n) is 3.35. The number of halogens is 1. The lowest BCUT2D eigenvalue weighted by Gasteiger charge is -2.03. The second-order valence-corrected chi connectivity index (χ2v) is 7.22. The number of non-ortho nitro benzene ring substituents is 1. The van der Waals surface area contributed by atoms with Gasteiger partial charge in [-0.15, -0.1) is 23.1 Å². The Labute approximate surface area is 149 Å². The van der Waals surface area contributed by atoms with Crippen LogP contribution < -0.4 is 0 Å². The molecule has 0 aliphatic carbocycles. The standard InChI is InChI=1S/C15H9ClN2O4S2/c16-10-1-3-14-12(5-10)9(7-23-14)8-24-15-4-2-11(17(19)20)6-13(15)18(21)22/h1-7H,8H2. The summed E-state index contributed by atoms with van der Waals surface area (Å²) in [6.45, 7) is 0. The van der Waals surface area contributed by atoms with Gasteiger partial charge in [0.15, 0.2) is 0 Å². The highest BCUT2D eigenvalue weighted by Crippen LogP contribution is 2.37. The van der Waals surface area contributed by atoms with Crippen molar-refractivity contribution in [1.82, 2.24) is 0 Å². The summed E-state index contributed by atoms with van der Waals surface area (Å²) < 4.78 is 1.09. The first-order chi connectivity index (χ1) is 11.5. The van der Waals surface area contributed by atoms with Crippen LogP contribution in [0.15, 0.2) is 46.7 Å². The van der Waals surface area contributed by atoms with Crippen LogP contribution in [0.25, 0.3) is 10.1 Å². The Bertz CT molecular complexity index is 958. The normalized spacial score (nSPS) is 10.9. The second-order valence-electron chi connectivity index (χ2n) is 4.86. The monoisotopic (exact) mass is 380 g/mol. The lowest BCUT2D eigenvalue weighted by Crippen LogP contribution is -1.94. The summed E-state index contributed by atoms with van der Waals surface area (Å²) in [5.41, 5.74) is 0.473. The molecule has 0 amide bonds. The Hall–Kier alpha value is -2.16. The smallest absolute Gasteiger partial charge is 0.258 e. The van der Waals surface area contributed by atoms with Crippen molar-refractivity contribution in [2.24, 2.45) is 0 Å². The number of rotatable bonds is 5. The van der Waals surface area contributed by atoms with Crippen molar-refractivity contribution in [1.29, 1.82) is 0 Å². The number of benzene rings is 2. The molecule has 1 heterocycles. The minimum absolute atomic E-state index is 0.258. The van der Waals surface area contributed by atoms with Crippen molar-refractivity contribution in [2.75, 3.05) is 0 Å². The minimum atomic E-state index is -0.643. The van der Waals surface area contributed by atoms with Gasteiger partial charge in [0.25, 0.3) is 11.4 Å². The van der Waals surface area contributed by atoms with E-state index in [4.69, 9.17) is 11.6 Å². The molecule has 0 aliphatic rings. The molecular formula is C15H9ClN2O4S2. The van der Waals surface area contributed by atoms with Gasteiger partial charge in [0.1, 0.15) is 0 Å². The number of fused-ring (bicyclic) bond motifs is 1. The summed E-state index contributed by atoms with van der Waals surface area (Å²) in [6.07, 6.45) is 0. The third-order valence-corrected chi connectivity index (χ3v) is 5.71. The fourth-order valence-electron chi connectivity index (χ4n) is 2.21. The van der Waals surface area contributed by atoms with E-state index in [1.807, 2.05) is 23.6 Å². The maximum Gasteiger partial charge on any atom is 0.289 e. The maximum absolute atomic E-state index is 11.2. The van der Waals surface area contributed by atoms with Crippen molar-refractivity contribution in [3.63, 3.8) is 0 Å². The number of hydrogen-bond donors (Lipinski definition) is 0. The van der Waals surface area contributed by atoms with Crippen LogP contribution in [0.2, 0.25) is 5.02 Å². The van der Waals surface area contributed by atoms with E-state index in [0.29, 0.717) is 15.7 Å². The van der Waals surface area contributed by atoms with Gasteiger partial charge in [-0.1, -0.05) is 11.6 Å². The van der Waals surface area contributed by atoms with Crippen molar-refractivity contribution < 1.29 is 9.85 Å². The Morgan fingerprint density at radius 2 is 1.88 bits per heavy atom. The molecule has 0 aliphatic heterocycles. The van der Waals surface area contributed by atoms with Crippen LogP contribution in [0.3, 0.4) is 0 Å². The van der Waals surface area contributed by atoms with Gasteiger partial charge in [-0.05, 0) is 40.6 Å². The van der Waals surface area contributed by atoms with Crippen LogP contribution in [-0.4, -0.2) is 9.85 Å². The summed E-state index contributed by atoms with van der Waals surface area (Å²) in [5.74, 6) is 0.513. The van der Waals surface area contributed by atoms with E-state index >= 15 is 0 Å². The molecule has 9 heteroatoms. The summed E-state index contributed by atoms with van der Waals surface area (Å²) in [4.78, 5) is 21.1. The molecule has 2 aromatic carbocycles. The second kappa shape index (κ2) is 6.76. The zero-order chi connectivity index (χ0) is 17.3. The molecule has 0 unspecified atom stereocenters. The van der Waals surface area contributed by atoms with Crippen molar-refractivity contribution in [3.8, 4) is 0 Å². The van der Waals surface area contributed by atoms with Gasteiger partial charge in [-0.2, -0.15) is 0 Å². The van der Waals surface area contributed by atoms with E-state index < -0.39 is 9.85 Å². The minimum Gasteiger partial charge on any atom is -0.258 e. The van der Waals surface area contributed by atoms with Crippen molar-refractivity contribution >= 4 is 56.2 Å². The van der Waals surface area contributed by atoms with E-state index in [-0.39, 0.29) is 11.4 Å². The van der Waals surface area contributed by atoms with E-state index in [2.05, 4.69) is 0 Å². The number of thioether (sulfide) groups is 1. The zero-order valence-electron chi connectivity index (χ0n) is 12.0. The summed E-state index contributed by atoms with van der Waals surface area (Å²) in [7, 11) is 0. The molecule has 24 heavy (non-hydrogen) atoms. The molecule has 3 rings (SSSR count). The number of thiophene rings is 1. The first-order valence-electron chi connectivity index (χ1n) is 6.67. The fraction of sp³-hybridized carbons (Fsp3) is 0.0667. The Morgan fingerprint density at radius 1 is 1.08 bits per heavy atom. The third kappa shape index (κ3) is 3.35. The van der Waals surface area contributed by atoms with E-state index in [1.54, 1.807) is 11.3 Å². The number of hydrogen-bond acceptors (Lipinski definition) is 6. The predicted molar refractivity (Wildman–Crippen MR) is 96.1 cm³/mol. The lowest BCUT2D eigenvalue weighted by atomic mass is 10.2. The topological polar surface area (TPSA) is 86.3 Å². The highest BCUT2D eigenvalue weighted by molar-refractivity contribution is 7.98. The molecule has 0 radical (unpaired) electrons. The molecule has 1 aromatic heterocycles. The molecule has 0 atom stereocenters. The highest BCUT2D eigenvalue weighted by atomic mass is 35.5. The number of nitro groups is 2. The van der Waals surface area contributed by atoms with Gasteiger partial charge < -0.3 is 0 Å². The highest BCUT2D eigenvalue weighted by Gasteiger charge is 2.20. The van der Waals surface area contributed by atoms with Gasteiger partial charge >= 0.3 is 0 Å². The van der Waals surface area contributed by atoms with Gasteiger partial charge in [0.2, 0.25) is 0 Å². The van der Waals surface area contributed by atoms with Gasteiger partial charge in [0.05, 0.1) is 20.8 Å². The molecule has 0 fully saturated rings. The molecule has 0 spiro atoms. The van der Waals surface area contributed by atoms with Gasteiger partial charge in [-0.25, -0.2) is 0 Å². The van der Waals surface area contributed by atoms with E-state index in [1.165, 1.54) is 23.9 Å². The maximum atomic E-state index is 11.2. The summed E-state index contributed by atoms with van der Waals surface area (Å²) in [5, 5.41) is 25.6. The fourth-order valence-corrected chi connectivity index (χ4v) is 4.42. The molecule has 0 bridgehead atoms. The van der Waals surface area contributed by atoms with Gasteiger partial charge in [-0.3, -0.25) is 20.2 Å². The van der Waals surface area contributed by atoms with Crippen LogP contribution in [0.1, 0.15) is 5.56 Å². The molecule has 0 saturated heterocycles. The predicted octanol–water partition coefficient (Wildman–Crippen LogP) is 5.66. The summed E-state index contributed by atoms with van der Waals surface area (Å²) >= 11 is 8.88. The number of nitrogens with zero attached hydrogens (tertiary/aromatic N) is 2. The Morgan fingerprint density at radius 3 is 2.58 bits per heavy atom. The molecule has 0 saturated carbocycles. The van der Waals surface area contributed by atoms with Crippen molar-refractivity contribution in [2.45, 2.75) is 10.6 Å². The molecule has 122 valence electrons. The average molecular weight is 381 g/mol. The SMILES string of the molecule is O=[N+]([O-])c1ccc(SCc2csc3ccc(Cl)cc23)c([N+](=O)[O-])c1. The molecular weight excluding hydrogens is 372 g/mol.